The van der Waals surface area contributed by atoms with Crippen molar-refractivity contribution in [2.24, 2.45) is 0 Å². The fraction of sp³-hybridized carbons (Fsp3) is 0.333. The summed E-state index contributed by atoms with van der Waals surface area (Å²) in [4.78, 5) is 3.08. The predicted molar refractivity (Wildman–Crippen MR) is 43.6 cm³/mol. The van der Waals surface area contributed by atoms with Crippen molar-refractivity contribution in [1.29, 1.82) is 5.26 Å². The summed E-state index contributed by atoms with van der Waals surface area (Å²) in [6.07, 6.45) is -8.06. The molecule has 0 saturated carbocycles. The van der Waals surface area contributed by atoms with Gasteiger partial charge in [-0.1, -0.05) is 0 Å². The molecule has 0 amide bonds. The molecule has 2 nitrogen and oxygen atoms in total. The summed E-state index contributed by atoms with van der Waals surface area (Å²) in [6, 6.07) is 1.89. The Kier molecular flexibility index (Phi) is 3.12. The summed E-state index contributed by atoms with van der Waals surface area (Å²) >= 11 is 0. The van der Waals surface area contributed by atoms with Crippen LogP contribution in [-0.4, -0.2) is 4.98 Å². The van der Waals surface area contributed by atoms with Gasteiger partial charge in [-0.05, 0) is 13.0 Å². The Hall–Kier alpha value is -1.71. The van der Waals surface area contributed by atoms with Crippen molar-refractivity contribution in [3.8, 4) is 6.07 Å². The molecule has 1 rings (SSSR count). The quantitative estimate of drug-likeness (QED) is 0.702. The van der Waals surface area contributed by atoms with Gasteiger partial charge < -0.3 is 0 Å². The van der Waals surface area contributed by atoms with Crippen LogP contribution in [0.25, 0.3) is 0 Å². The lowest BCUT2D eigenvalue weighted by atomic mass is 10.1. The van der Waals surface area contributed by atoms with Gasteiger partial charge in [0.25, 0.3) is 6.43 Å². The number of hydrogen-bond donors (Lipinski definition) is 0. The molecule has 0 aliphatic rings. The highest BCUT2D eigenvalue weighted by Crippen LogP contribution is 2.34. The van der Waals surface area contributed by atoms with E-state index in [9.17, 15) is 22.0 Å². The van der Waals surface area contributed by atoms with Crippen LogP contribution in [0, 0.1) is 18.3 Å². The van der Waals surface area contributed by atoms with Crippen LogP contribution >= 0.6 is 0 Å². The van der Waals surface area contributed by atoms with Gasteiger partial charge in [-0.2, -0.15) is 18.4 Å². The minimum Gasteiger partial charge on any atom is -0.247 e. The molecule has 16 heavy (non-hydrogen) atoms. The first kappa shape index (κ1) is 12.4. The molecule has 0 radical (unpaired) electrons. The van der Waals surface area contributed by atoms with Crippen molar-refractivity contribution < 1.29 is 22.0 Å². The summed E-state index contributed by atoms with van der Waals surface area (Å²) in [7, 11) is 0. The second kappa shape index (κ2) is 4.04. The van der Waals surface area contributed by atoms with Crippen molar-refractivity contribution in [2.75, 3.05) is 0 Å². The fourth-order valence-corrected chi connectivity index (χ4v) is 1.19. The zero-order valence-electron chi connectivity index (χ0n) is 7.94. The standard InChI is InChI=1S/C9H5F5N2/c1-4-2-5(8(10)11)6(3-15)7(16-4)9(12,13)14/h2,8H,1H3. The number of nitrogens with zero attached hydrogens (tertiary/aromatic N) is 2. The number of hydrogen-bond acceptors (Lipinski definition) is 2. The molecule has 0 aromatic carbocycles. The molecule has 0 aliphatic heterocycles. The summed E-state index contributed by atoms with van der Waals surface area (Å²) < 4.78 is 62.0. The van der Waals surface area contributed by atoms with Crippen LogP contribution in [0.4, 0.5) is 22.0 Å². The van der Waals surface area contributed by atoms with E-state index < -0.39 is 29.4 Å². The van der Waals surface area contributed by atoms with E-state index in [1.807, 2.05) is 0 Å². The topological polar surface area (TPSA) is 36.7 Å². The Labute approximate surface area is 87.3 Å². The Balaban J connectivity index is 3.57. The lowest BCUT2D eigenvalue weighted by molar-refractivity contribution is -0.141. The lowest BCUT2D eigenvalue weighted by Crippen LogP contribution is -2.14. The molecule has 86 valence electrons. The zero-order chi connectivity index (χ0) is 12.5. The maximum atomic E-state index is 12.4. The van der Waals surface area contributed by atoms with Crippen LogP contribution in [-0.2, 0) is 6.18 Å². The van der Waals surface area contributed by atoms with Crippen molar-refractivity contribution in [2.45, 2.75) is 19.5 Å². The van der Waals surface area contributed by atoms with Crippen LogP contribution < -0.4 is 0 Å². The number of rotatable bonds is 1. The minimum absolute atomic E-state index is 0.207. The lowest BCUT2D eigenvalue weighted by Gasteiger charge is -2.11. The van der Waals surface area contributed by atoms with E-state index in [0.29, 0.717) is 0 Å². The molecular weight excluding hydrogens is 231 g/mol. The zero-order valence-corrected chi connectivity index (χ0v) is 7.94. The minimum atomic E-state index is -4.92. The molecule has 0 bridgehead atoms. The first-order valence-electron chi connectivity index (χ1n) is 4.04. The first-order chi connectivity index (χ1) is 7.27. The Morgan fingerprint density at radius 1 is 1.38 bits per heavy atom. The van der Waals surface area contributed by atoms with Gasteiger partial charge in [-0.15, -0.1) is 0 Å². The van der Waals surface area contributed by atoms with Crippen LogP contribution in [0.1, 0.15) is 28.9 Å². The molecule has 0 saturated heterocycles. The van der Waals surface area contributed by atoms with Gasteiger partial charge >= 0.3 is 6.18 Å². The third-order valence-electron chi connectivity index (χ3n) is 1.79. The van der Waals surface area contributed by atoms with Gasteiger partial charge in [-0.25, -0.2) is 13.8 Å². The summed E-state index contributed by atoms with van der Waals surface area (Å²) in [5, 5.41) is 8.48. The molecule has 1 aromatic rings. The highest BCUT2D eigenvalue weighted by molar-refractivity contribution is 5.44. The largest absolute Gasteiger partial charge is 0.434 e. The number of aromatic nitrogens is 1. The number of alkyl halides is 5. The molecule has 0 spiro atoms. The molecule has 0 fully saturated rings. The van der Waals surface area contributed by atoms with Gasteiger partial charge in [0.1, 0.15) is 6.07 Å². The van der Waals surface area contributed by atoms with Gasteiger partial charge in [0, 0.05) is 11.3 Å². The SMILES string of the molecule is Cc1cc(C(F)F)c(C#N)c(C(F)(F)F)n1. The third-order valence-corrected chi connectivity index (χ3v) is 1.79. The summed E-state index contributed by atoms with van der Waals surface area (Å²) in [5.74, 6) is 0. The molecule has 7 heteroatoms. The Morgan fingerprint density at radius 2 is 1.94 bits per heavy atom. The predicted octanol–water partition coefficient (Wildman–Crippen LogP) is 3.22. The van der Waals surface area contributed by atoms with E-state index in [-0.39, 0.29) is 5.69 Å². The molecular formula is C9H5F5N2. The maximum Gasteiger partial charge on any atom is 0.434 e. The number of pyridine rings is 1. The third kappa shape index (κ3) is 2.27. The summed E-state index contributed by atoms with van der Waals surface area (Å²) in [6.45, 7) is 1.16. The Morgan fingerprint density at radius 3 is 2.31 bits per heavy atom. The Bertz CT molecular complexity index is 444. The number of aryl methyl sites for hydroxylation is 1. The average Bonchev–Trinajstić information content (AvgIpc) is 2.14. The summed E-state index contributed by atoms with van der Waals surface area (Å²) in [5.41, 5.74) is -3.83. The van der Waals surface area contributed by atoms with Gasteiger partial charge in [-0.3, -0.25) is 0 Å². The maximum absolute atomic E-state index is 12.4. The van der Waals surface area contributed by atoms with Crippen LogP contribution in [0.5, 0.6) is 0 Å². The highest BCUT2D eigenvalue weighted by Gasteiger charge is 2.38. The van der Waals surface area contributed by atoms with Crippen molar-refractivity contribution in [3.05, 3.63) is 28.6 Å². The molecule has 0 N–H and O–H groups in total. The second-order valence-corrected chi connectivity index (χ2v) is 2.99. The fourth-order valence-electron chi connectivity index (χ4n) is 1.19. The highest BCUT2D eigenvalue weighted by atomic mass is 19.4. The molecule has 1 heterocycles. The molecule has 0 unspecified atom stereocenters. The van der Waals surface area contributed by atoms with Gasteiger partial charge in [0.2, 0.25) is 0 Å². The normalized spacial score (nSPS) is 11.6. The van der Waals surface area contributed by atoms with E-state index in [1.165, 1.54) is 0 Å². The number of halogens is 5. The molecule has 0 aliphatic carbocycles. The van der Waals surface area contributed by atoms with Gasteiger partial charge in [0.05, 0.1) is 5.56 Å². The van der Waals surface area contributed by atoms with E-state index in [1.54, 1.807) is 0 Å². The van der Waals surface area contributed by atoms with Crippen LogP contribution in [0.3, 0.4) is 0 Å². The monoisotopic (exact) mass is 236 g/mol. The van der Waals surface area contributed by atoms with E-state index in [4.69, 9.17) is 5.26 Å². The average molecular weight is 236 g/mol. The van der Waals surface area contributed by atoms with E-state index in [0.717, 1.165) is 19.1 Å². The second-order valence-electron chi connectivity index (χ2n) is 2.99. The van der Waals surface area contributed by atoms with Crippen molar-refractivity contribution in [3.63, 3.8) is 0 Å². The van der Waals surface area contributed by atoms with Crippen LogP contribution in [0.15, 0.2) is 6.07 Å². The van der Waals surface area contributed by atoms with E-state index in [2.05, 4.69) is 4.98 Å². The first-order valence-corrected chi connectivity index (χ1v) is 4.04. The van der Waals surface area contributed by atoms with Crippen molar-refractivity contribution in [1.82, 2.24) is 4.98 Å². The number of nitriles is 1. The van der Waals surface area contributed by atoms with Crippen molar-refractivity contribution >= 4 is 0 Å². The smallest absolute Gasteiger partial charge is 0.247 e. The van der Waals surface area contributed by atoms with Crippen LogP contribution in [0.2, 0.25) is 0 Å². The molecule has 1 aromatic heterocycles. The van der Waals surface area contributed by atoms with Gasteiger partial charge in [0.15, 0.2) is 5.69 Å². The van der Waals surface area contributed by atoms with E-state index >= 15 is 0 Å². The molecule has 0 atom stereocenters.